The first-order chi connectivity index (χ1) is 22.0. The fourth-order valence-electron chi connectivity index (χ4n) is 10.0. The molecule has 0 N–H and O–H groups in total. The molecule has 2 saturated heterocycles. The van der Waals surface area contributed by atoms with Crippen LogP contribution in [0.3, 0.4) is 0 Å². The number of amides is 1. The largest absolute Gasteiger partial charge is 0.451 e. The number of piperidine rings is 1. The quantitative estimate of drug-likeness (QED) is 0.319. The van der Waals surface area contributed by atoms with E-state index < -0.39 is 5.82 Å². The van der Waals surface area contributed by atoms with Gasteiger partial charge in [-0.3, -0.25) is 9.59 Å². The summed E-state index contributed by atoms with van der Waals surface area (Å²) in [5.74, 6) is 3.63. The van der Waals surface area contributed by atoms with Crippen molar-refractivity contribution in [3.63, 3.8) is 0 Å². The van der Waals surface area contributed by atoms with Crippen molar-refractivity contribution in [1.29, 1.82) is 0 Å². The van der Waals surface area contributed by atoms with Crippen molar-refractivity contribution in [2.75, 3.05) is 37.6 Å². The molecule has 0 radical (unpaired) electrons. The summed E-state index contributed by atoms with van der Waals surface area (Å²) in [6.07, 6.45) is 13.7. The fraction of sp³-hybridized carbons (Fsp3) is 0.676. The molecular formula is C37H50FN5O3. The summed E-state index contributed by atoms with van der Waals surface area (Å²) >= 11 is 0. The van der Waals surface area contributed by atoms with Crippen molar-refractivity contribution in [3.05, 3.63) is 42.1 Å². The summed E-state index contributed by atoms with van der Waals surface area (Å²) < 4.78 is 20.7. The molecule has 4 aliphatic carbocycles. The van der Waals surface area contributed by atoms with Gasteiger partial charge in [-0.25, -0.2) is 14.4 Å². The molecule has 6 fully saturated rings. The molecule has 9 heteroatoms. The van der Waals surface area contributed by atoms with Gasteiger partial charge in [0.15, 0.2) is 11.6 Å². The Bertz CT molecular complexity index is 1460. The third-order valence-electron chi connectivity index (χ3n) is 12.3. The standard InChI is InChI=1S/C37H50FN5O3/c1-24(2)43(25(3)4)35(45)31-16-29(38)7-8-32(31)46-33-19-39-23-40-34(33)42-21-36(22-42)11-13-41(14-12-36)20-27-15-28-6-5-26(27)17-37(28)10-9-30(44)18-37/h7-8,16,19,23-28H,5-6,9-15,17-18,20-22H2,1-4H3/t26-,27-,28?,37?/m1/s1. The van der Waals surface area contributed by atoms with Crippen LogP contribution in [0.4, 0.5) is 10.2 Å². The highest BCUT2D eigenvalue weighted by Gasteiger charge is 2.54. The molecule has 3 heterocycles. The summed E-state index contributed by atoms with van der Waals surface area (Å²) in [6.45, 7) is 13.2. The molecular weight excluding hydrogens is 581 g/mol. The second-order valence-corrected chi connectivity index (χ2v) is 15.8. The molecule has 4 saturated carbocycles. The van der Waals surface area contributed by atoms with Crippen LogP contribution < -0.4 is 9.64 Å². The summed E-state index contributed by atoms with van der Waals surface area (Å²) in [7, 11) is 0. The molecule has 8 rings (SSSR count). The Morgan fingerprint density at radius 2 is 1.85 bits per heavy atom. The van der Waals surface area contributed by atoms with E-state index in [1.54, 1.807) is 11.1 Å². The van der Waals surface area contributed by atoms with Crippen LogP contribution in [-0.4, -0.2) is 76.3 Å². The summed E-state index contributed by atoms with van der Waals surface area (Å²) in [6, 6.07) is 4.02. The Labute approximate surface area is 273 Å². The summed E-state index contributed by atoms with van der Waals surface area (Å²) in [5.41, 5.74) is 0.838. The van der Waals surface area contributed by atoms with Gasteiger partial charge >= 0.3 is 0 Å². The number of carbonyl (C=O) groups excluding carboxylic acids is 2. The Morgan fingerprint density at radius 3 is 2.50 bits per heavy atom. The van der Waals surface area contributed by atoms with Crippen LogP contribution in [0.15, 0.2) is 30.7 Å². The minimum absolute atomic E-state index is 0.0447. The predicted molar refractivity (Wildman–Crippen MR) is 175 cm³/mol. The topological polar surface area (TPSA) is 78.9 Å². The first kappa shape index (κ1) is 31.5. The number of Topliss-reactive ketones (excluding diaryl/α,β-unsaturated/α-hetero) is 1. The first-order valence-corrected chi connectivity index (χ1v) is 17.6. The van der Waals surface area contributed by atoms with Crippen molar-refractivity contribution in [3.8, 4) is 11.5 Å². The van der Waals surface area contributed by atoms with E-state index in [0.717, 1.165) is 63.2 Å². The summed E-state index contributed by atoms with van der Waals surface area (Å²) in [5, 5.41) is 0. The predicted octanol–water partition coefficient (Wildman–Crippen LogP) is 6.74. The Balaban J connectivity index is 0.970. The van der Waals surface area contributed by atoms with E-state index in [-0.39, 0.29) is 29.0 Å². The third kappa shape index (κ3) is 5.82. The van der Waals surface area contributed by atoms with Crippen LogP contribution in [0, 0.1) is 34.4 Å². The number of aromatic nitrogens is 2. The maximum absolute atomic E-state index is 14.4. The zero-order chi connectivity index (χ0) is 32.2. The highest BCUT2D eigenvalue weighted by molar-refractivity contribution is 5.97. The smallest absolute Gasteiger partial charge is 0.258 e. The van der Waals surface area contributed by atoms with Crippen LogP contribution in [0.1, 0.15) is 95.8 Å². The van der Waals surface area contributed by atoms with E-state index >= 15 is 0 Å². The van der Waals surface area contributed by atoms with Crippen molar-refractivity contribution >= 4 is 17.5 Å². The van der Waals surface area contributed by atoms with Gasteiger partial charge in [0.1, 0.15) is 23.7 Å². The maximum Gasteiger partial charge on any atom is 0.258 e. The van der Waals surface area contributed by atoms with Crippen LogP contribution in [0.5, 0.6) is 11.5 Å². The van der Waals surface area contributed by atoms with Gasteiger partial charge in [-0.1, -0.05) is 0 Å². The zero-order valence-electron chi connectivity index (χ0n) is 28.0. The monoisotopic (exact) mass is 631 g/mol. The molecule has 1 aromatic heterocycles. The van der Waals surface area contributed by atoms with Crippen molar-refractivity contribution in [2.45, 2.75) is 97.6 Å². The molecule has 6 aliphatic rings. The molecule has 2 unspecified atom stereocenters. The minimum Gasteiger partial charge on any atom is -0.451 e. The number of ketones is 1. The lowest BCUT2D eigenvalue weighted by atomic mass is 9.52. The van der Waals surface area contributed by atoms with E-state index in [4.69, 9.17) is 4.74 Å². The number of anilines is 1. The second kappa shape index (κ2) is 12.2. The number of carbonyl (C=O) groups is 2. The van der Waals surface area contributed by atoms with Gasteiger partial charge in [0.25, 0.3) is 5.91 Å². The molecule has 2 bridgehead atoms. The van der Waals surface area contributed by atoms with Gasteiger partial charge in [-0.15, -0.1) is 0 Å². The Kier molecular flexibility index (Phi) is 8.35. The van der Waals surface area contributed by atoms with Gasteiger partial charge in [0.2, 0.25) is 0 Å². The molecule has 4 atom stereocenters. The van der Waals surface area contributed by atoms with Crippen molar-refractivity contribution in [2.24, 2.45) is 28.6 Å². The number of hydrogen-bond acceptors (Lipinski definition) is 7. The Hall–Kier alpha value is -3.07. The molecule has 2 aliphatic heterocycles. The van der Waals surface area contributed by atoms with Crippen LogP contribution in [-0.2, 0) is 4.79 Å². The number of hydrogen-bond donors (Lipinski definition) is 0. The summed E-state index contributed by atoms with van der Waals surface area (Å²) in [4.78, 5) is 41.3. The van der Waals surface area contributed by atoms with Gasteiger partial charge in [0, 0.05) is 50.0 Å². The molecule has 2 aromatic rings. The Morgan fingerprint density at radius 1 is 1.09 bits per heavy atom. The van der Waals surface area contributed by atoms with E-state index in [9.17, 15) is 14.0 Å². The van der Waals surface area contributed by atoms with Gasteiger partial charge < -0.3 is 19.4 Å². The number of ether oxygens (including phenoxy) is 1. The van der Waals surface area contributed by atoms with E-state index in [1.165, 1.54) is 69.6 Å². The van der Waals surface area contributed by atoms with Gasteiger partial charge in [0.05, 0.1) is 11.8 Å². The fourth-order valence-corrected chi connectivity index (χ4v) is 10.0. The van der Waals surface area contributed by atoms with E-state index in [2.05, 4.69) is 19.8 Å². The average molecular weight is 632 g/mol. The molecule has 2 spiro atoms. The number of likely N-dealkylation sites (tertiary alicyclic amines) is 1. The van der Waals surface area contributed by atoms with Gasteiger partial charge in [-0.05, 0) is 127 Å². The normalized spacial score (nSPS) is 28.8. The number of halogens is 1. The molecule has 46 heavy (non-hydrogen) atoms. The van der Waals surface area contributed by atoms with Crippen molar-refractivity contribution < 1.29 is 18.7 Å². The molecule has 1 amide bonds. The molecule has 1 aromatic carbocycles. The highest BCUT2D eigenvalue weighted by atomic mass is 19.1. The van der Waals surface area contributed by atoms with Gasteiger partial charge in [-0.2, -0.15) is 0 Å². The lowest BCUT2D eigenvalue weighted by molar-refractivity contribution is -0.120. The number of benzene rings is 1. The average Bonchev–Trinajstić information content (AvgIpc) is 3.37. The zero-order valence-corrected chi connectivity index (χ0v) is 28.0. The first-order valence-electron chi connectivity index (χ1n) is 17.6. The lowest BCUT2D eigenvalue weighted by Gasteiger charge is -2.56. The van der Waals surface area contributed by atoms with E-state index in [1.807, 2.05) is 27.7 Å². The lowest BCUT2D eigenvalue weighted by Crippen LogP contribution is -2.61. The van der Waals surface area contributed by atoms with Crippen LogP contribution in [0.25, 0.3) is 0 Å². The number of rotatable bonds is 8. The number of fused-ring (bicyclic) bond motifs is 2. The van der Waals surface area contributed by atoms with Crippen LogP contribution in [0.2, 0.25) is 0 Å². The maximum atomic E-state index is 14.4. The molecule has 248 valence electrons. The number of nitrogens with zero attached hydrogens (tertiary/aromatic N) is 5. The highest BCUT2D eigenvalue weighted by Crippen LogP contribution is 2.61. The van der Waals surface area contributed by atoms with E-state index in [0.29, 0.717) is 28.5 Å². The second-order valence-electron chi connectivity index (χ2n) is 15.8. The van der Waals surface area contributed by atoms with Crippen molar-refractivity contribution in [1.82, 2.24) is 19.8 Å². The third-order valence-corrected chi connectivity index (χ3v) is 12.3. The molecule has 8 nitrogen and oxygen atoms in total. The SMILES string of the molecule is CC(C)N(C(=O)c1cc(F)ccc1Oc1cncnc1N1CC2(CCN(C[C@H]3CC4CC[C@@H]3CC43CCC(=O)C3)CC2)C1)C(C)C. The van der Waals surface area contributed by atoms with Crippen LogP contribution >= 0.6 is 0 Å². The minimum atomic E-state index is -0.478.